The highest BCUT2D eigenvalue weighted by molar-refractivity contribution is 5.91. The summed E-state index contributed by atoms with van der Waals surface area (Å²) in [6.07, 6.45) is 5.60. The van der Waals surface area contributed by atoms with Gasteiger partial charge in [-0.05, 0) is 42.3 Å². The third-order valence-corrected chi connectivity index (χ3v) is 4.99. The minimum atomic E-state index is -0.282. The normalized spacial score (nSPS) is 11.8. The molecule has 6 heteroatoms. The van der Waals surface area contributed by atoms with Crippen molar-refractivity contribution in [3.05, 3.63) is 90.4 Å². The molecule has 2 aromatic heterocycles. The predicted octanol–water partition coefficient (Wildman–Crippen LogP) is 4.92. The molecule has 2 amide bonds. The van der Waals surface area contributed by atoms with Gasteiger partial charge in [0.2, 0.25) is 0 Å². The Morgan fingerprint density at radius 3 is 2.77 bits per heavy atom. The molecule has 0 unspecified atom stereocenters. The van der Waals surface area contributed by atoms with Gasteiger partial charge in [-0.3, -0.25) is 4.98 Å². The first-order valence-electron chi connectivity index (χ1n) is 9.99. The minimum Gasteiger partial charge on any atom is -0.492 e. The molecule has 2 aromatic carbocycles. The summed E-state index contributed by atoms with van der Waals surface area (Å²) in [4.78, 5) is 20.2. The average Bonchev–Trinajstić information content (AvgIpc) is 3.20. The molecule has 0 bridgehead atoms. The van der Waals surface area contributed by atoms with Crippen molar-refractivity contribution in [2.75, 3.05) is 18.5 Å². The lowest BCUT2D eigenvalue weighted by atomic mass is 9.92. The number of fused-ring (bicyclic) bond motifs is 1. The standard InChI is InChI=1S/C24H24N4O2/c1-2-30-23-12-6-5-11-22(23)28-24(29)27-15-19(17-8-7-13-25-14-17)20-16-26-21-10-4-3-9-18(20)21/h3-14,16,19,26H,2,15H2,1H3,(H2,27,28,29)/t19-/m1/s1. The Labute approximate surface area is 175 Å². The summed E-state index contributed by atoms with van der Waals surface area (Å²) in [5, 5.41) is 7.03. The lowest BCUT2D eigenvalue weighted by molar-refractivity contribution is 0.251. The molecule has 1 atom stereocenters. The maximum atomic E-state index is 12.6. The number of aromatic amines is 1. The summed E-state index contributed by atoms with van der Waals surface area (Å²) in [6, 6.07) is 19.2. The number of carbonyl (C=O) groups excluding carboxylic acids is 1. The van der Waals surface area contributed by atoms with E-state index in [0.717, 1.165) is 22.0 Å². The third-order valence-electron chi connectivity index (χ3n) is 4.99. The number of pyridine rings is 1. The van der Waals surface area contributed by atoms with Crippen molar-refractivity contribution in [2.45, 2.75) is 12.8 Å². The van der Waals surface area contributed by atoms with Gasteiger partial charge in [0.15, 0.2) is 0 Å². The highest BCUT2D eigenvalue weighted by atomic mass is 16.5. The van der Waals surface area contributed by atoms with E-state index < -0.39 is 0 Å². The van der Waals surface area contributed by atoms with Crippen molar-refractivity contribution >= 4 is 22.6 Å². The Morgan fingerprint density at radius 2 is 1.93 bits per heavy atom. The zero-order valence-electron chi connectivity index (χ0n) is 16.8. The van der Waals surface area contributed by atoms with Gasteiger partial charge < -0.3 is 20.4 Å². The molecule has 0 saturated heterocycles. The highest BCUT2D eigenvalue weighted by Crippen LogP contribution is 2.30. The zero-order valence-corrected chi connectivity index (χ0v) is 16.8. The number of amides is 2. The predicted molar refractivity (Wildman–Crippen MR) is 119 cm³/mol. The minimum absolute atomic E-state index is 0.0391. The molecule has 30 heavy (non-hydrogen) atoms. The number of nitrogens with zero attached hydrogens (tertiary/aromatic N) is 1. The fourth-order valence-corrected chi connectivity index (χ4v) is 3.58. The largest absolute Gasteiger partial charge is 0.492 e. The first kappa shape index (κ1) is 19.5. The van der Waals surface area contributed by atoms with E-state index >= 15 is 0 Å². The number of benzene rings is 2. The SMILES string of the molecule is CCOc1ccccc1NC(=O)NC[C@H](c1cccnc1)c1c[nH]c2ccccc12. The quantitative estimate of drug-likeness (QED) is 0.412. The number of H-pyrrole nitrogens is 1. The van der Waals surface area contributed by atoms with E-state index in [1.165, 1.54) is 0 Å². The number of ether oxygens (including phenoxy) is 1. The summed E-state index contributed by atoms with van der Waals surface area (Å²) in [7, 11) is 0. The molecular weight excluding hydrogens is 376 g/mol. The Balaban J connectivity index is 1.54. The first-order chi connectivity index (χ1) is 14.8. The number of carbonyl (C=O) groups is 1. The topological polar surface area (TPSA) is 79.0 Å². The summed E-state index contributed by atoms with van der Waals surface area (Å²) >= 11 is 0. The lowest BCUT2D eigenvalue weighted by Crippen LogP contribution is -2.32. The van der Waals surface area contributed by atoms with Crippen LogP contribution < -0.4 is 15.4 Å². The number of aromatic nitrogens is 2. The summed E-state index contributed by atoms with van der Waals surface area (Å²) < 4.78 is 5.58. The van der Waals surface area contributed by atoms with Crippen LogP contribution in [0.4, 0.5) is 10.5 Å². The number of nitrogens with one attached hydrogen (secondary N) is 3. The zero-order chi connectivity index (χ0) is 20.8. The van der Waals surface area contributed by atoms with E-state index in [9.17, 15) is 4.79 Å². The first-order valence-corrected chi connectivity index (χ1v) is 9.99. The van der Waals surface area contributed by atoms with Gasteiger partial charge >= 0.3 is 6.03 Å². The van der Waals surface area contributed by atoms with Gasteiger partial charge in [-0.15, -0.1) is 0 Å². The molecule has 0 aliphatic rings. The van der Waals surface area contributed by atoms with Gasteiger partial charge in [-0.2, -0.15) is 0 Å². The van der Waals surface area contributed by atoms with Crippen LogP contribution in [-0.4, -0.2) is 29.2 Å². The molecule has 0 aliphatic heterocycles. The molecule has 0 saturated carbocycles. The maximum absolute atomic E-state index is 12.6. The highest BCUT2D eigenvalue weighted by Gasteiger charge is 2.19. The average molecular weight is 400 g/mol. The second-order valence-corrected chi connectivity index (χ2v) is 6.89. The maximum Gasteiger partial charge on any atom is 0.319 e. The van der Waals surface area contributed by atoms with Gasteiger partial charge in [0.25, 0.3) is 0 Å². The smallest absolute Gasteiger partial charge is 0.319 e. The fraction of sp³-hybridized carbons (Fsp3) is 0.167. The van der Waals surface area contributed by atoms with Crippen molar-refractivity contribution in [1.29, 1.82) is 0 Å². The summed E-state index contributed by atoms with van der Waals surface area (Å²) in [6.45, 7) is 2.87. The van der Waals surface area contributed by atoms with E-state index in [2.05, 4.69) is 26.7 Å². The van der Waals surface area contributed by atoms with Gasteiger partial charge in [0.05, 0.1) is 12.3 Å². The number of hydrogen-bond acceptors (Lipinski definition) is 3. The van der Waals surface area contributed by atoms with Gasteiger partial charge in [-0.1, -0.05) is 36.4 Å². The van der Waals surface area contributed by atoms with Crippen LogP contribution in [0, 0.1) is 0 Å². The lowest BCUT2D eigenvalue weighted by Gasteiger charge is -2.18. The van der Waals surface area contributed by atoms with E-state index in [4.69, 9.17) is 4.74 Å². The molecule has 3 N–H and O–H groups in total. The molecule has 2 heterocycles. The van der Waals surface area contributed by atoms with Crippen LogP contribution in [0.2, 0.25) is 0 Å². The van der Waals surface area contributed by atoms with Gasteiger partial charge in [0.1, 0.15) is 5.75 Å². The molecular formula is C24H24N4O2. The summed E-state index contributed by atoms with van der Waals surface area (Å²) in [5.41, 5.74) is 3.87. The molecule has 0 aliphatic carbocycles. The number of urea groups is 1. The van der Waals surface area contributed by atoms with Crippen molar-refractivity contribution in [3.63, 3.8) is 0 Å². The molecule has 0 fully saturated rings. The van der Waals surface area contributed by atoms with Crippen molar-refractivity contribution in [2.24, 2.45) is 0 Å². The molecule has 4 aromatic rings. The number of anilines is 1. The Bertz CT molecular complexity index is 1120. The van der Waals surface area contributed by atoms with E-state index in [0.29, 0.717) is 24.6 Å². The second-order valence-electron chi connectivity index (χ2n) is 6.89. The number of hydrogen-bond donors (Lipinski definition) is 3. The Morgan fingerprint density at radius 1 is 1.10 bits per heavy atom. The molecule has 0 spiro atoms. The number of rotatable bonds is 7. The van der Waals surface area contributed by atoms with Crippen LogP contribution in [0.3, 0.4) is 0 Å². The van der Waals surface area contributed by atoms with Crippen LogP contribution in [0.25, 0.3) is 10.9 Å². The second kappa shape index (κ2) is 9.13. The van der Waals surface area contributed by atoms with Crippen LogP contribution in [0.15, 0.2) is 79.3 Å². The number of para-hydroxylation sites is 3. The van der Waals surface area contributed by atoms with Gasteiger partial charge in [-0.25, -0.2) is 4.79 Å². The van der Waals surface area contributed by atoms with Crippen LogP contribution in [0.1, 0.15) is 24.0 Å². The molecule has 6 nitrogen and oxygen atoms in total. The van der Waals surface area contributed by atoms with E-state index in [-0.39, 0.29) is 11.9 Å². The van der Waals surface area contributed by atoms with Crippen molar-refractivity contribution < 1.29 is 9.53 Å². The van der Waals surface area contributed by atoms with Gasteiger partial charge in [0, 0.05) is 42.0 Å². The Hall–Kier alpha value is -3.80. The van der Waals surface area contributed by atoms with Crippen molar-refractivity contribution in [3.8, 4) is 5.75 Å². The third kappa shape index (κ3) is 4.27. The molecule has 4 rings (SSSR count). The summed E-state index contributed by atoms with van der Waals surface area (Å²) in [5.74, 6) is 0.610. The van der Waals surface area contributed by atoms with Crippen LogP contribution in [0.5, 0.6) is 5.75 Å². The van der Waals surface area contributed by atoms with Crippen LogP contribution in [-0.2, 0) is 0 Å². The Kier molecular flexibility index (Phi) is 5.94. The van der Waals surface area contributed by atoms with E-state index in [1.54, 1.807) is 6.20 Å². The van der Waals surface area contributed by atoms with E-state index in [1.807, 2.05) is 73.9 Å². The molecule has 152 valence electrons. The van der Waals surface area contributed by atoms with Crippen molar-refractivity contribution in [1.82, 2.24) is 15.3 Å². The van der Waals surface area contributed by atoms with Crippen LogP contribution >= 0.6 is 0 Å². The monoisotopic (exact) mass is 400 g/mol. The fourth-order valence-electron chi connectivity index (χ4n) is 3.58. The molecule has 0 radical (unpaired) electrons.